The van der Waals surface area contributed by atoms with Gasteiger partial charge in [0, 0.05) is 16.9 Å². The molecule has 0 unspecified atom stereocenters. The number of halogens is 3. The number of hydrogen-bond acceptors (Lipinski definition) is 7. The quantitative estimate of drug-likeness (QED) is 0.114. The topological polar surface area (TPSA) is 132 Å². The van der Waals surface area contributed by atoms with E-state index in [-0.39, 0.29) is 17.1 Å². The highest BCUT2D eigenvalue weighted by Gasteiger charge is 2.43. The Morgan fingerprint density at radius 2 is 1.36 bits per heavy atom. The number of Topliss-reactive ketones (excluding diaryl/α,β-unsaturated/α-hetero) is 1. The number of hydrogen-bond donors (Lipinski definition) is 1. The van der Waals surface area contributed by atoms with Gasteiger partial charge in [-0.05, 0) is 66.3 Å². The first-order valence-electron chi connectivity index (χ1n) is 17.2. The van der Waals surface area contributed by atoms with Crippen LogP contribution in [0.2, 0.25) is 0 Å². The smallest absolute Gasteiger partial charge is 0.416 e. The highest BCUT2D eigenvalue weighted by atomic mass is 31.2. The lowest BCUT2D eigenvalue weighted by atomic mass is 9.78. The van der Waals surface area contributed by atoms with Crippen LogP contribution in [0.3, 0.4) is 0 Å². The molecule has 0 radical (unpaired) electrons. The van der Waals surface area contributed by atoms with Crippen molar-refractivity contribution in [1.82, 2.24) is 10.2 Å². The summed E-state index contributed by atoms with van der Waals surface area (Å²) in [6.07, 6.45) is -4.89. The third kappa shape index (κ3) is 8.45. The lowest BCUT2D eigenvalue weighted by Crippen LogP contribution is -2.46. The van der Waals surface area contributed by atoms with Gasteiger partial charge in [0.15, 0.2) is 6.10 Å². The molecule has 0 aliphatic heterocycles. The summed E-state index contributed by atoms with van der Waals surface area (Å²) in [5.74, 6) is -0.368. The third-order valence-corrected chi connectivity index (χ3v) is 13.6. The fraction of sp³-hybridized carbons (Fsp3) is 0.268. The molecule has 8 nitrogen and oxygen atoms in total. The number of nitriles is 1. The number of carbonyl (C=O) groups is 2. The Bertz CT molecular complexity index is 2010. The van der Waals surface area contributed by atoms with E-state index in [9.17, 15) is 28.0 Å². The van der Waals surface area contributed by atoms with Gasteiger partial charge in [-0.2, -0.15) is 18.4 Å². The first-order chi connectivity index (χ1) is 25.3. The van der Waals surface area contributed by atoms with E-state index >= 15 is 0 Å². The van der Waals surface area contributed by atoms with Crippen LogP contribution in [0.5, 0.6) is 0 Å². The summed E-state index contributed by atoms with van der Waals surface area (Å²) in [4.78, 5) is 27.4. The number of primary amides is 1. The van der Waals surface area contributed by atoms with Crippen molar-refractivity contribution < 1.29 is 31.9 Å². The van der Waals surface area contributed by atoms with E-state index in [1.54, 1.807) is 13.8 Å². The molecule has 1 aromatic heterocycles. The van der Waals surface area contributed by atoms with Gasteiger partial charge in [-0.15, -0.1) is 10.2 Å². The Morgan fingerprint density at radius 1 is 0.849 bits per heavy atom. The summed E-state index contributed by atoms with van der Waals surface area (Å²) in [5, 5.41) is 21.6. The van der Waals surface area contributed by atoms with E-state index in [0.717, 1.165) is 28.0 Å². The van der Waals surface area contributed by atoms with Crippen LogP contribution in [0, 0.1) is 16.7 Å². The van der Waals surface area contributed by atoms with Crippen LogP contribution >= 0.6 is 6.89 Å². The molecule has 53 heavy (non-hydrogen) atoms. The van der Waals surface area contributed by atoms with Gasteiger partial charge < -0.3 is 14.9 Å². The molecule has 0 aliphatic carbocycles. The van der Waals surface area contributed by atoms with Gasteiger partial charge in [-0.3, -0.25) is 4.79 Å². The Hall–Kier alpha value is -5.46. The van der Waals surface area contributed by atoms with Gasteiger partial charge in [0.25, 0.3) is 0 Å². The van der Waals surface area contributed by atoms with Gasteiger partial charge >= 0.3 is 12.3 Å². The predicted molar refractivity (Wildman–Crippen MR) is 201 cm³/mol. The Morgan fingerprint density at radius 3 is 1.79 bits per heavy atom. The molecule has 5 rings (SSSR count). The summed E-state index contributed by atoms with van der Waals surface area (Å²) in [7, 11) is 0. The maximum Gasteiger partial charge on any atom is 0.416 e. The van der Waals surface area contributed by atoms with Crippen LogP contribution in [-0.4, -0.2) is 33.5 Å². The second kappa shape index (κ2) is 16.5. The highest BCUT2D eigenvalue weighted by molar-refractivity contribution is 7.97. The molecule has 274 valence electrons. The maximum atomic E-state index is 15.0. The normalized spacial score (nSPS) is 13.1. The van der Waals surface area contributed by atoms with E-state index in [1.165, 1.54) is 12.1 Å². The minimum Gasteiger partial charge on any atom is -0.437 e. The molecule has 0 saturated carbocycles. The molecular formula is C41H40F3N4O4P. The van der Waals surface area contributed by atoms with Gasteiger partial charge in [-0.25, -0.2) is 4.79 Å². The number of carbonyl (C=O) groups excluding carboxylic acids is 2. The first kappa shape index (κ1) is 38.8. The third-order valence-electron chi connectivity index (χ3n) is 9.40. The molecule has 0 spiro atoms. The first-order valence-corrected chi connectivity index (χ1v) is 19.0. The average Bonchev–Trinajstić information content (AvgIpc) is 3.65. The zero-order valence-electron chi connectivity index (χ0n) is 29.6. The van der Waals surface area contributed by atoms with Crippen molar-refractivity contribution >= 4 is 40.0 Å². The molecule has 1 heterocycles. The van der Waals surface area contributed by atoms with Crippen LogP contribution in [0.15, 0.2) is 120 Å². The number of alkyl halides is 3. The van der Waals surface area contributed by atoms with E-state index in [2.05, 4.69) is 16.3 Å². The molecule has 0 aliphatic rings. The largest absolute Gasteiger partial charge is 0.437 e. The molecular weight excluding hydrogens is 700 g/mol. The molecule has 0 saturated heterocycles. The second-order valence-corrected chi connectivity index (χ2v) is 16.7. The minimum atomic E-state index is -4.46. The van der Waals surface area contributed by atoms with Crippen molar-refractivity contribution in [2.45, 2.75) is 64.7 Å². The zero-order valence-corrected chi connectivity index (χ0v) is 30.5. The molecule has 2 N–H and O–H groups in total. The van der Waals surface area contributed by atoms with Crippen molar-refractivity contribution in [3.05, 3.63) is 127 Å². The van der Waals surface area contributed by atoms with Crippen molar-refractivity contribution in [1.29, 1.82) is 5.26 Å². The van der Waals surface area contributed by atoms with E-state index < -0.39 is 42.0 Å². The van der Waals surface area contributed by atoms with Gasteiger partial charge in [-0.1, -0.05) is 118 Å². The monoisotopic (exact) mass is 740 g/mol. The number of ether oxygens (including phenoxy) is 1. The predicted octanol–water partition coefficient (Wildman–Crippen LogP) is 8.17. The molecule has 1 amide bonds. The van der Waals surface area contributed by atoms with Gasteiger partial charge in [0.1, 0.15) is 11.4 Å². The molecule has 2 atom stereocenters. The lowest BCUT2D eigenvalue weighted by molar-refractivity contribution is -0.137. The minimum absolute atomic E-state index is 0.0199. The fourth-order valence-corrected chi connectivity index (χ4v) is 10.8. The van der Waals surface area contributed by atoms with Crippen molar-refractivity contribution in [3.8, 4) is 17.5 Å². The van der Waals surface area contributed by atoms with E-state index in [0.29, 0.717) is 37.1 Å². The van der Waals surface area contributed by atoms with Crippen molar-refractivity contribution in [2.75, 3.05) is 0 Å². The SMILES string of the molecule is CC[C@@H](CCCC(C)(C)[C@H](OC(N)=O)C(=O)C(C#N)=P(c1ccccc1)(c1ccccc1)c1ccccc1)c1nnc(-c2ccc(C(F)(F)F)cc2)o1. The Labute approximate surface area is 306 Å². The van der Waals surface area contributed by atoms with Crippen LogP contribution in [0.4, 0.5) is 18.0 Å². The molecule has 5 aromatic rings. The van der Waals surface area contributed by atoms with Crippen LogP contribution in [0.25, 0.3) is 11.5 Å². The number of rotatable bonds is 14. The number of aromatic nitrogens is 2. The summed E-state index contributed by atoms with van der Waals surface area (Å²) < 4.78 is 50.7. The lowest BCUT2D eigenvalue weighted by Gasteiger charge is -2.35. The second-order valence-electron chi connectivity index (χ2n) is 13.3. The summed E-state index contributed by atoms with van der Waals surface area (Å²) >= 11 is 0. The van der Waals surface area contributed by atoms with Gasteiger partial charge in [0.05, 0.1) is 5.56 Å². The fourth-order valence-electron chi connectivity index (χ4n) is 6.65. The molecule has 0 bridgehead atoms. The zero-order chi connectivity index (χ0) is 38.2. The van der Waals surface area contributed by atoms with E-state index in [1.807, 2.05) is 97.9 Å². The average molecular weight is 741 g/mol. The number of nitrogens with two attached hydrogens (primary N) is 1. The van der Waals surface area contributed by atoms with Gasteiger partial charge in [0.2, 0.25) is 17.6 Å². The Balaban J connectivity index is 1.48. The highest BCUT2D eigenvalue weighted by Crippen LogP contribution is 2.47. The van der Waals surface area contributed by atoms with Crippen LogP contribution < -0.4 is 21.6 Å². The summed E-state index contributed by atoms with van der Waals surface area (Å²) in [6, 6.07) is 35.1. The van der Waals surface area contributed by atoms with Crippen LogP contribution in [-0.2, 0) is 15.7 Å². The van der Waals surface area contributed by atoms with Crippen molar-refractivity contribution in [3.63, 3.8) is 0 Å². The maximum absolute atomic E-state index is 15.0. The molecule has 0 fully saturated rings. The van der Waals surface area contributed by atoms with Crippen LogP contribution in [0.1, 0.15) is 63.8 Å². The molecule has 12 heteroatoms. The van der Waals surface area contributed by atoms with Crippen molar-refractivity contribution in [2.24, 2.45) is 11.1 Å². The standard InChI is InChI=1S/C41H40F3N4O4P/c1-4-28(37-47-48-38(52-37)29-22-24-30(25-23-29)41(42,43)44)15-14-26-40(2,3)36(51-39(46)50)35(49)34(27-45)53(31-16-8-5-9-17-31,32-18-10-6-11-19-32)33-20-12-7-13-21-33/h5-13,16-25,28,36H,4,14-15,26H2,1-3H3,(H2,46,50)/t28-,36+/m0/s1. The molecule has 4 aromatic carbocycles. The van der Waals surface area contributed by atoms with E-state index in [4.69, 9.17) is 14.9 Å². The summed E-state index contributed by atoms with van der Waals surface area (Å²) in [5.41, 5.74) is 4.19. The number of ketones is 1. The Kier molecular flexibility index (Phi) is 12.0. The number of amides is 1. The number of nitrogens with zero attached hydrogens (tertiary/aromatic N) is 3. The summed E-state index contributed by atoms with van der Waals surface area (Å²) in [6.45, 7) is 2.44. The number of benzene rings is 4.